The normalized spacial score (nSPS) is 18.3. The maximum Gasteiger partial charge on any atom is 0.161 e. The Labute approximate surface area is 143 Å². The largest absolute Gasteiger partial charge is 0.493 e. The summed E-state index contributed by atoms with van der Waals surface area (Å²) in [7, 11) is 1.68. The number of rotatable bonds is 6. The smallest absolute Gasteiger partial charge is 0.161 e. The molecule has 2 heterocycles. The van der Waals surface area contributed by atoms with Gasteiger partial charge in [0.2, 0.25) is 0 Å². The standard InChI is InChI=1S/C19H26N2O3/c1-13(2)23-17-8-7-15(11-19(17)22-4)12-21-9-5-6-16(21)18-10-14(3)20-24-18/h7-8,10-11,13,16H,5-6,9,12H2,1-4H3/t16-/m1/s1. The van der Waals surface area contributed by atoms with Crippen molar-refractivity contribution in [1.82, 2.24) is 10.1 Å². The van der Waals surface area contributed by atoms with E-state index in [0.717, 1.165) is 42.5 Å². The highest BCUT2D eigenvalue weighted by atomic mass is 16.5. The van der Waals surface area contributed by atoms with Crippen LogP contribution in [0.4, 0.5) is 0 Å². The first kappa shape index (κ1) is 16.8. The van der Waals surface area contributed by atoms with Gasteiger partial charge < -0.3 is 14.0 Å². The lowest BCUT2D eigenvalue weighted by atomic mass is 10.1. The van der Waals surface area contributed by atoms with Gasteiger partial charge in [-0.25, -0.2) is 0 Å². The van der Waals surface area contributed by atoms with Crippen molar-refractivity contribution in [1.29, 1.82) is 0 Å². The van der Waals surface area contributed by atoms with E-state index in [-0.39, 0.29) is 6.10 Å². The quantitative estimate of drug-likeness (QED) is 0.797. The minimum atomic E-state index is 0.127. The minimum Gasteiger partial charge on any atom is -0.493 e. The van der Waals surface area contributed by atoms with Crippen LogP contribution in [0, 0.1) is 6.92 Å². The Balaban J connectivity index is 1.75. The predicted molar refractivity (Wildman–Crippen MR) is 92.4 cm³/mol. The fraction of sp³-hybridized carbons (Fsp3) is 0.526. The van der Waals surface area contributed by atoms with Gasteiger partial charge in [-0.1, -0.05) is 11.2 Å². The third kappa shape index (κ3) is 3.73. The second-order valence-electron chi connectivity index (χ2n) is 6.65. The summed E-state index contributed by atoms with van der Waals surface area (Å²) in [5, 5.41) is 4.03. The topological polar surface area (TPSA) is 47.7 Å². The molecule has 0 radical (unpaired) electrons. The second kappa shape index (κ2) is 7.26. The third-order valence-electron chi connectivity index (χ3n) is 4.31. The Bertz CT molecular complexity index is 681. The minimum absolute atomic E-state index is 0.127. The van der Waals surface area contributed by atoms with E-state index in [0.29, 0.717) is 6.04 Å². The van der Waals surface area contributed by atoms with Crippen LogP contribution in [0.25, 0.3) is 0 Å². The number of benzene rings is 1. The molecule has 1 atom stereocenters. The van der Waals surface area contributed by atoms with Crippen molar-refractivity contribution in [2.24, 2.45) is 0 Å². The fourth-order valence-electron chi connectivity index (χ4n) is 3.27. The van der Waals surface area contributed by atoms with Crippen LogP contribution >= 0.6 is 0 Å². The number of ether oxygens (including phenoxy) is 2. The van der Waals surface area contributed by atoms with Gasteiger partial charge in [0.1, 0.15) is 0 Å². The molecule has 0 spiro atoms. The van der Waals surface area contributed by atoms with Gasteiger partial charge in [0, 0.05) is 12.6 Å². The van der Waals surface area contributed by atoms with E-state index in [1.807, 2.05) is 32.9 Å². The highest BCUT2D eigenvalue weighted by molar-refractivity contribution is 5.43. The average molecular weight is 330 g/mol. The van der Waals surface area contributed by atoms with E-state index in [1.54, 1.807) is 7.11 Å². The van der Waals surface area contributed by atoms with Gasteiger partial charge in [-0.05, 0) is 57.9 Å². The molecule has 130 valence electrons. The lowest BCUT2D eigenvalue weighted by Gasteiger charge is -2.23. The van der Waals surface area contributed by atoms with E-state index in [4.69, 9.17) is 14.0 Å². The SMILES string of the molecule is COc1cc(CN2CCC[C@@H]2c2cc(C)no2)ccc1OC(C)C. The van der Waals surface area contributed by atoms with Crippen molar-refractivity contribution in [3.05, 3.63) is 41.3 Å². The van der Waals surface area contributed by atoms with Crippen molar-refractivity contribution in [2.75, 3.05) is 13.7 Å². The van der Waals surface area contributed by atoms with Gasteiger partial charge >= 0.3 is 0 Å². The van der Waals surface area contributed by atoms with Gasteiger partial charge in [0.15, 0.2) is 17.3 Å². The summed E-state index contributed by atoms with van der Waals surface area (Å²) < 4.78 is 16.8. The maximum absolute atomic E-state index is 5.79. The molecule has 0 amide bonds. The molecular formula is C19H26N2O3. The zero-order valence-corrected chi connectivity index (χ0v) is 14.9. The molecule has 24 heavy (non-hydrogen) atoms. The monoisotopic (exact) mass is 330 g/mol. The molecule has 0 aliphatic carbocycles. The first-order valence-corrected chi connectivity index (χ1v) is 8.57. The zero-order valence-electron chi connectivity index (χ0n) is 14.9. The molecule has 1 aliphatic heterocycles. The maximum atomic E-state index is 5.79. The van der Waals surface area contributed by atoms with Gasteiger partial charge in [0.25, 0.3) is 0 Å². The molecule has 1 aromatic carbocycles. The molecule has 1 saturated heterocycles. The predicted octanol–water partition coefficient (Wildman–Crippen LogP) is 4.12. The molecule has 2 aromatic rings. The number of hydrogen-bond acceptors (Lipinski definition) is 5. The van der Waals surface area contributed by atoms with Crippen LogP contribution in [0.2, 0.25) is 0 Å². The molecule has 0 bridgehead atoms. The summed E-state index contributed by atoms with van der Waals surface area (Å²) in [4.78, 5) is 2.44. The summed E-state index contributed by atoms with van der Waals surface area (Å²) in [5.74, 6) is 2.55. The molecule has 1 aromatic heterocycles. The van der Waals surface area contributed by atoms with Crippen LogP contribution in [-0.2, 0) is 6.54 Å². The van der Waals surface area contributed by atoms with Crippen LogP contribution in [0.5, 0.6) is 11.5 Å². The number of hydrogen-bond donors (Lipinski definition) is 0. The molecular weight excluding hydrogens is 304 g/mol. The number of aryl methyl sites for hydroxylation is 1. The Morgan fingerprint density at radius 1 is 1.29 bits per heavy atom. The van der Waals surface area contributed by atoms with E-state index in [1.165, 1.54) is 12.0 Å². The Hall–Kier alpha value is -2.01. The van der Waals surface area contributed by atoms with E-state index in [9.17, 15) is 0 Å². The van der Waals surface area contributed by atoms with Gasteiger partial charge in [-0.15, -0.1) is 0 Å². The van der Waals surface area contributed by atoms with E-state index in [2.05, 4.69) is 22.2 Å². The van der Waals surface area contributed by atoms with Crippen molar-refractivity contribution >= 4 is 0 Å². The van der Waals surface area contributed by atoms with E-state index < -0.39 is 0 Å². The van der Waals surface area contributed by atoms with E-state index >= 15 is 0 Å². The van der Waals surface area contributed by atoms with Crippen molar-refractivity contribution in [3.8, 4) is 11.5 Å². The Morgan fingerprint density at radius 3 is 2.79 bits per heavy atom. The van der Waals surface area contributed by atoms with Crippen molar-refractivity contribution < 1.29 is 14.0 Å². The first-order chi connectivity index (χ1) is 11.6. The summed E-state index contributed by atoms with van der Waals surface area (Å²) in [6, 6.07) is 8.53. The molecule has 1 aliphatic rings. The summed E-state index contributed by atoms with van der Waals surface area (Å²) in [6.07, 6.45) is 2.42. The number of aromatic nitrogens is 1. The van der Waals surface area contributed by atoms with Gasteiger partial charge in [0.05, 0.1) is 24.9 Å². The number of nitrogens with zero attached hydrogens (tertiary/aromatic N) is 2. The molecule has 5 nitrogen and oxygen atoms in total. The van der Waals surface area contributed by atoms with Crippen LogP contribution < -0.4 is 9.47 Å². The average Bonchev–Trinajstić information content (AvgIpc) is 3.17. The van der Waals surface area contributed by atoms with Gasteiger partial charge in [-0.3, -0.25) is 4.90 Å². The lowest BCUT2D eigenvalue weighted by Crippen LogP contribution is -2.22. The van der Waals surface area contributed by atoms with Crippen LogP contribution in [-0.4, -0.2) is 29.8 Å². The zero-order chi connectivity index (χ0) is 17.1. The summed E-state index contributed by atoms with van der Waals surface area (Å²) in [5.41, 5.74) is 2.15. The molecule has 5 heteroatoms. The lowest BCUT2D eigenvalue weighted by molar-refractivity contribution is 0.205. The molecule has 0 saturated carbocycles. The molecule has 0 N–H and O–H groups in total. The van der Waals surface area contributed by atoms with Crippen LogP contribution in [0.15, 0.2) is 28.8 Å². The number of likely N-dealkylation sites (tertiary alicyclic amines) is 1. The highest BCUT2D eigenvalue weighted by Crippen LogP contribution is 2.35. The number of methoxy groups -OCH3 is 1. The molecule has 0 unspecified atom stereocenters. The van der Waals surface area contributed by atoms with Crippen molar-refractivity contribution in [3.63, 3.8) is 0 Å². The van der Waals surface area contributed by atoms with Crippen LogP contribution in [0.3, 0.4) is 0 Å². The van der Waals surface area contributed by atoms with Crippen LogP contribution in [0.1, 0.15) is 49.7 Å². The summed E-state index contributed by atoms with van der Waals surface area (Å²) >= 11 is 0. The molecule has 3 rings (SSSR count). The fourth-order valence-corrected chi connectivity index (χ4v) is 3.27. The Morgan fingerprint density at radius 2 is 2.12 bits per heavy atom. The first-order valence-electron chi connectivity index (χ1n) is 8.57. The van der Waals surface area contributed by atoms with Crippen molar-refractivity contribution in [2.45, 2.75) is 52.3 Å². The highest BCUT2D eigenvalue weighted by Gasteiger charge is 2.29. The van der Waals surface area contributed by atoms with Gasteiger partial charge in [-0.2, -0.15) is 0 Å². The second-order valence-corrected chi connectivity index (χ2v) is 6.65. The third-order valence-corrected chi connectivity index (χ3v) is 4.31. The molecule has 1 fully saturated rings. The Kier molecular flexibility index (Phi) is 5.09. The summed E-state index contributed by atoms with van der Waals surface area (Å²) in [6.45, 7) is 7.92.